The Balaban J connectivity index is 0.000000659. The highest BCUT2D eigenvalue weighted by molar-refractivity contribution is 9.09. The number of ketones is 2. The first-order valence-electron chi connectivity index (χ1n) is 30.6. The van der Waals surface area contributed by atoms with Gasteiger partial charge in [-0.15, -0.1) is 0 Å². The highest BCUT2D eigenvalue weighted by atomic mass is 79.9. The van der Waals surface area contributed by atoms with Gasteiger partial charge >= 0.3 is 0 Å². The zero-order valence-electron chi connectivity index (χ0n) is 54.5. The summed E-state index contributed by atoms with van der Waals surface area (Å²) < 4.78 is 42.1. The van der Waals surface area contributed by atoms with Crippen LogP contribution in [0.1, 0.15) is 70.2 Å². The molecule has 27 nitrogen and oxygen atoms in total. The smallest absolute Gasteiger partial charge is 0.269 e. The molecule has 0 fully saturated rings. The summed E-state index contributed by atoms with van der Waals surface area (Å²) in [5.41, 5.74) is 15.1. The molecular weight excluding hydrogens is 1460 g/mol. The Bertz CT molecular complexity index is 4220. The Labute approximate surface area is 638 Å². The summed E-state index contributed by atoms with van der Waals surface area (Å²) in [6, 6.07) is 42.4. The van der Waals surface area contributed by atoms with E-state index in [0.717, 1.165) is 53.9 Å². The summed E-state index contributed by atoms with van der Waals surface area (Å²) in [5.74, 6) is 4.42. The van der Waals surface area contributed by atoms with E-state index in [1.54, 1.807) is 131 Å². The number of hydrogen-bond acceptors (Lipinski definition) is 23. The topological polar surface area (TPSA) is 331 Å². The molecule has 6 N–H and O–H groups in total. The molecule has 0 saturated heterocycles. The first-order chi connectivity index (χ1) is 48.8. The third kappa shape index (κ3) is 33.5. The number of alkyl halides is 1. The normalized spacial score (nSPS) is 9.51. The number of rotatable bonds is 28. The number of benzene rings is 6. The molecular formula is C76H97BrN16O11S2. The van der Waals surface area contributed by atoms with Crippen molar-refractivity contribution in [3.63, 3.8) is 0 Å². The van der Waals surface area contributed by atoms with Crippen molar-refractivity contribution < 1.29 is 48.0 Å². The van der Waals surface area contributed by atoms with Gasteiger partial charge in [0.1, 0.15) is 71.6 Å². The number of halogens is 1. The number of ether oxygens (including phenoxy) is 6. The molecule has 6 aromatic heterocycles. The monoisotopic (exact) mass is 1550 g/mol. The Morgan fingerprint density at radius 2 is 0.934 bits per heavy atom. The second kappa shape index (κ2) is 52.2. The number of nitrogens with two attached hydrogens (primary N) is 2. The summed E-state index contributed by atoms with van der Waals surface area (Å²) in [4.78, 5) is 62.1. The number of nitrogens with one attached hydrogen (secondary N) is 1. The molecule has 0 aliphatic heterocycles. The number of non-ortho nitro benzene ring substituents is 1. The molecule has 0 spiro atoms. The number of methoxy groups -OCH3 is 2. The number of carbonyl (C=O) groups excluding carboxylic acids is 2. The van der Waals surface area contributed by atoms with Crippen LogP contribution in [0.3, 0.4) is 0 Å². The molecule has 0 radical (unpaired) electrons. The fourth-order valence-corrected chi connectivity index (χ4v) is 9.56. The SMILES string of the molecule is C.C.C.C.C.C.COc1cccc(C(=O)CBr)c1.COc1cccc(C(=O)c2sc(Nc3ccc(OCCn4ccnc4)cc3)nc2N)c1.Nc1ccc(OCCn2ccnc2)cc1.O=[N+]([O-])c1ccc(OCCn2ccnc2)cc1.OCCn1ccnc1.S=C=Nc1ccc(OCCn2ccnc2)cc1. The molecule has 6 aromatic carbocycles. The molecule has 0 saturated carbocycles. The van der Waals surface area contributed by atoms with Crippen LogP contribution in [0.15, 0.2) is 244 Å². The number of nitro groups is 1. The average molecular weight is 1550 g/mol. The summed E-state index contributed by atoms with van der Waals surface area (Å²) in [5, 5.41) is 25.2. The first-order valence-corrected chi connectivity index (χ1v) is 32.9. The van der Waals surface area contributed by atoms with Gasteiger partial charge < -0.3 is 73.1 Å². The van der Waals surface area contributed by atoms with Gasteiger partial charge in [0.15, 0.2) is 10.9 Å². The van der Waals surface area contributed by atoms with E-state index >= 15 is 0 Å². The number of nitrogen functional groups attached to an aromatic ring is 2. The summed E-state index contributed by atoms with van der Waals surface area (Å²) in [6.07, 6.45) is 26.7. The summed E-state index contributed by atoms with van der Waals surface area (Å²) in [6.45, 7) is 6.07. The number of isothiocyanates is 1. The lowest BCUT2D eigenvalue weighted by Gasteiger charge is -2.08. The largest absolute Gasteiger partial charge is 0.497 e. The van der Waals surface area contributed by atoms with Crippen LogP contribution in [0.5, 0.6) is 34.5 Å². The van der Waals surface area contributed by atoms with Gasteiger partial charge in [0.2, 0.25) is 5.78 Å². The van der Waals surface area contributed by atoms with Gasteiger partial charge in [-0.25, -0.2) is 29.9 Å². The number of anilines is 4. The van der Waals surface area contributed by atoms with Crippen LogP contribution in [-0.4, -0.2) is 132 Å². The molecule has 6 heterocycles. The zero-order valence-corrected chi connectivity index (χ0v) is 57.7. The number of hydrogen-bond donors (Lipinski definition) is 4. The molecule has 0 unspecified atom stereocenters. The Hall–Kier alpha value is -11.8. The number of nitro benzene ring substituents is 1. The molecule has 12 rings (SSSR count). The highest BCUT2D eigenvalue weighted by Crippen LogP contribution is 2.31. The lowest BCUT2D eigenvalue weighted by atomic mass is 10.1. The van der Waals surface area contributed by atoms with Crippen molar-refractivity contribution in [1.82, 2.24) is 52.7 Å². The second-order valence-corrected chi connectivity index (χ2v) is 22.1. The molecule has 0 aliphatic rings. The minimum atomic E-state index is -0.435. The number of aromatic nitrogens is 11. The van der Waals surface area contributed by atoms with Crippen LogP contribution in [0, 0.1) is 10.1 Å². The van der Waals surface area contributed by atoms with E-state index in [0.29, 0.717) is 83.2 Å². The number of thiocarbonyl (C=S) groups is 1. The van der Waals surface area contributed by atoms with Crippen LogP contribution in [0.2, 0.25) is 0 Å². The molecule has 0 atom stereocenters. The highest BCUT2D eigenvalue weighted by Gasteiger charge is 2.19. The fourth-order valence-electron chi connectivity index (χ4n) is 8.26. The summed E-state index contributed by atoms with van der Waals surface area (Å²) in [7, 11) is 3.14. The van der Waals surface area contributed by atoms with Crippen molar-refractivity contribution in [2.75, 3.05) is 69.4 Å². The van der Waals surface area contributed by atoms with Crippen LogP contribution in [0.25, 0.3) is 0 Å². The van der Waals surface area contributed by atoms with Gasteiger partial charge in [-0.2, -0.15) is 4.99 Å². The van der Waals surface area contributed by atoms with E-state index in [2.05, 4.69) is 73.5 Å². The maximum absolute atomic E-state index is 12.8. The van der Waals surface area contributed by atoms with Crippen LogP contribution in [0.4, 0.5) is 33.7 Å². The molecule has 12 aromatic rings. The van der Waals surface area contributed by atoms with E-state index in [1.807, 2.05) is 133 Å². The Morgan fingerprint density at radius 3 is 1.30 bits per heavy atom. The minimum absolute atomic E-state index is 0. The van der Waals surface area contributed by atoms with Crippen molar-refractivity contribution >= 4 is 89.9 Å². The van der Waals surface area contributed by atoms with Gasteiger partial charge in [-0.05, 0) is 121 Å². The molecule has 0 bridgehead atoms. The molecule has 566 valence electrons. The van der Waals surface area contributed by atoms with Crippen molar-refractivity contribution in [3.05, 3.63) is 265 Å². The van der Waals surface area contributed by atoms with Crippen molar-refractivity contribution in [3.8, 4) is 34.5 Å². The predicted molar refractivity (Wildman–Crippen MR) is 429 cm³/mol. The maximum atomic E-state index is 12.8. The minimum Gasteiger partial charge on any atom is -0.497 e. The van der Waals surface area contributed by atoms with Crippen molar-refractivity contribution in [1.29, 1.82) is 0 Å². The van der Waals surface area contributed by atoms with Gasteiger partial charge in [-0.1, -0.05) is 96.1 Å². The lowest BCUT2D eigenvalue weighted by molar-refractivity contribution is -0.384. The fraction of sp³-hybridized carbons (Fsp3) is 0.250. The van der Waals surface area contributed by atoms with E-state index in [4.69, 9.17) is 45.0 Å². The molecule has 106 heavy (non-hydrogen) atoms. The number of carbonyl (C=O) groups is 2. The maximum Gasteiger partial charge on any atom is 0.269 e. The van der Waals surface area contributed by atoms with E-state index < -0.39 is 4.92 Å². The third-order valence-corrected chi connectivity index (χ3v) is 15.0. The second-order valence-electron chi connectivity index (χ2n) is 20.4. The number of aliphatic hydroxyl groups excluding tert-OH is 1. The van der Waals surface area contributed by atoms with E-state index in [-0.39, 0.29) is 74.2 Å². The van der Waals surface area contributed by atoms with E-state index in [9.17, 15) is 19.7 Å². The number of Topliss-reactive ketones (excluding diaryl/α,β-unsaturated/α-hetero) is 1. The quantitative estimate of drug-likeness (QED) is 0.00673. The van der Waals surface area contributed by atoms with Gasteiger partial charge in [0.25, 0.3) is 5.69 Å². The van der Waals surface area contributed by atoms with E-state index in [1.165, 1.54) is 23.5 Å². The first kappa shape index (κ1) is 92.2. The van der Waals surface area contributed by atoms with Gasteiger partial charge in [-0.3, -0.25) is 19.7 Å². The van der Waals surface area contributed by atoms with Crippen LogP contribution < -0.4 is 45.2 Å². The molecule has 30 heteroatoms. The van der Waals surface area contributed by atoms with Crippen LogP contribution in [-0.2, 0) is 32.7 Å². The predicted octanol–water partition coefficient (Wildman–Crippen LogP) is 16.1. The number of aliphatic hydroxyl groups is 1. The van der Waals surface area contributed by atoms with Gasteiger partial charge in [0, 0.05) is 103 Å². The Morgan fingerprint density at radius 1 is 0.557 bits per heavy atom. The number of nitrogens with zero attached hydrogens (tertiary/aromatic N) is 13. The molecule has 0 aliphatic carbocycles. The van der Waals surface area contributed by atoms with Crippen LogP contribution >= 0.6 is 39.5 Å². The zero-order chi connectivity index (χ0) is 70.9. The molecule has 0 amide bonds. The standard InChI is InChI=1S/C22H21N5O3S.C12H11N3OS.C11H11N3O3.C11H13N3O.C9H9BrO2.C5H8N2O.6CH4/c1-29-18-4-2-3-15(13-18)19(28)20-21(23)26-22(31-20)25-16-5-7-17(8-6-16)30-12-11-27-10-9-24-14-27;17-10-14-11-1-3-12(4-2-11)16-8-7-15-6-5-13-9-15;15-14(16)10-1-3-11(4-2-10)17-8-7-13-6-5-12-9-13;12-10-1-3-11(4-2-10)15-8-7-14-6-5-13-9-14;1-12-8-4-2-3-7(5-8)9(11)6-10;8-4-3-7-2-1-6-5-7;;;;;;/h2-10,13-14H,11-12,23H2,1H3,(H,25,26);2*1-6,9H,7-8H2;1-6,9H,7-8,12H2;2-5H,6H2,1H3;1-2,5,8H,3-4H2;6*1H4. The number of imidazole rings is 5. The van der Waals surface area contributed by atoms with Crippen molar-refractivity contribution in [2.45, 2.75) is 77.3 Å². The van der Waals surface area contributed by atoms with Crippen molar-refractivity contribution in [2.24, 2.45) is 4.99 Å². The third-order valence-electron chi connectivity index (χ3n) is 13.4. The average Bonchev–Trinajstić information content (AvgIpc) is 1.67. The summed E-state index contributed by atoms with van der Waals surface area (Å²) >= 11 is 8.84. The Kier molecular flexibility index (Phi) is 45.4. The number of aliphatic imine (C=N–C) groups is 1. The lowest BCUT2D eigenvalue weighted by Crippen LogP contribution is -2.06. The van der Waals surface area contributed by atoms with Gasteiger partial charge in [0.05, 0.1) is 99.7 Å². The number of thiazole rings is 1.